The zero-order valence-corrected chi connectivity index (χ0v) is 14.9. The minimum absolute atomic E-state index is 0.158. The summed E-state index contributed by atoms with van der Waals surface area (Å²) in [6.45, 7) is 0.793. The number of ether oxygens (including phenoxy) is 2. The van der Waals surface area contributed by atoms with Crippen LogP contribution in [0, 0.1) is 5.82 Å². The van der Waals surface area contributed by atoms with Gasteiger partial charge in [0, 0.05) is 18.2 Å². The molecule has 28 heavy (non-hydrogen) atoms. The molecule has 7 heteroatoms. The maximum atomic E-state index is 13.6. The molecule has 1 fully saturated rings. The van der Waals surface area contributed by atoms with E-state index in [1.165, 1.54) is 12.1 Å². The molecule has 0 bridgehead atoms. The van der Waals surface area contributed by atoms with Crippen LogP contribution in [-0.2, 0) is 0 Å². The third kappa shape index (κ3) is 2.89. The van der Waals surface area contributed by atoms with Crippen molar-refractivity contribution in [2.24, 2.45) is 0 Å². The van der Waals surface area contributed by atoms with E-state index in [1.54, 1.807) is 29.2 Å². The van der Waals surface area contributed by atoms with Gasteiger partial charge in [0.2, 0.25) is 6.79 Å². The smallest absolute Gasteiger partial charge is 0.276 e. The van der Waals surface area contributed by atoms with Crippen molar-refractivity contribution in [3.05, 3.63) is 65.6 Å². The van der Waals surface area contributed by atoms with Crippen molar-refractivity contribution in [2.75, 3.05) is 13.3 Å². The first-order valence-corrected chi connectivity index (χ1v) is 9.12. The largest absolute Gasteiger partial charge is 0.454 e. The Morgan fingerprint density at radius 2 is 2.00 bits per heavy atom. The van der Waals surface area contributed by atoms with Gasteiger partial charge in [0.1, 0.15) is 5.82 Å². The summed E-state index contributed by atoms with van der Waals surface area (Å²) in [5, 5.41) is 3.96. The molecule has 2 aliphatic heterocycles. The Morgan fingerprint density at radius 3 is 2.89 bits per heavy atom. The van der Waals surface area contributed by atoms with E-state index in [-0.39, 0.29) is 30.3 Å². The Kier molecular flexibility index (Phi) is 4.00. The number of halogens is 1. The van der Waals surface area contributed by atoms with Gasteiger partial charge in [-0.3, -0.25) is 4.79 Å². The molecule has 1 atom stereocenters. The summed E-state index contributed by atoms with van der Waals surface area (Å²) in [7, 11) is 0. The van der Waals surface area contributed by atoms with E-state index in [1.807, 2.05) is 12.1 Å². The Balaban J connectivity index is 1.40. The van der Waals surface area contributed by atoms with E-state index in [9.17, 15) is 9.18 Å². The molecule has 1 amide bonds. The third-order valence-electron chi connectivity index (χ3n) is 5.13. The van der Waals surface area contributed by atoms with Crippen LogP contribution in [0.4, 0.5) is 4.39 Å². The van der Waals surface area contributed by atoms with Crippen LogP contribution in [0.1, 0.15) is 34.9 Å². The molecule has 5 rings (SSSR count). The Bertz CT molecular complexity index is 1050. The molecule has 0 saturated carbocycles. The fourth-order valence-corrected chi connectivity index (χ4v) is 3.78. The standard InChI is InChI=1S/C21H17FN2O4/c22-15-4-1-3-13(9-15)17-5-2-8-24(17)21(25)16-11-19(28-23-16)14-6-7-18-20(10-14)27-12-26-18/h1,3-4,6-7,9-11,17H,2,5,8,12H2/t17-/m1/s1. The van der Waals surface area contributed by atoms with E-state index >= 15 is 0 Å². The second kappa shape index (κ2) is 6.67. The van der Waals surface area contributed by atoms with Crippen LogP contribution in [0.15, 0.2) is 53.1 Å². The van der Waals surface area contributed by atoms with Crippen LogP contribution < -0.4 is 9.47 Å². The molecule has 2 aliphatic rings. The van der Waals surface area contributed by atoms with Crippen molar-refractivity contribution in [3.8, 4) is 22.8 Å². The Morgan fingerprint density at radius 1 is 1.11 bits per heavy atom. The second-order valence-electron chi connectivity index (χ2n) is 6.86. The maximum Gasteiger partial charge on any atom is 0.276 e. The van der Waals surface area contributed by atoms with Crippen LogP contribution in [0.2, 0.25) is 0 Å². The number of rotatable bonds is 3. The van der Waals surface area contributed by atoms with E-state index in [4.69, 9.17) is 14.0 Å². The number of fused-ring (bicyclic) bond motifs is 1. The van der Waals surface area contributed by atoms with Crippen molar-refractivity contribution < 1.29 is 23.2 Å². The molecule has 3 heterocycles. The summed E-state index contributed by atoms with van der Waals surface area (Å²) in [6.07, 6.45) is 1.65. The summed E-state index contributed by atoms with van der Waals surface area (Å²) in [5.74, 6) is 1.26. The molecule has 142 valence electrons. The van der Waals surface area contributed by atoms with Gasteiger partial charge >= 0.3 is 0 Å². The first kappa shape index (κ1) is 16.8. The summed E-state index contributed by atoms with van der Waals surface area (Å²) < 4.78 is 29.7. The number of nitrogens with zero attached hydrogens (tertiary/aromatic N) is 2. The highest BCUT2D eigenvalue weighted by atomic mass is 19.1. The van der Waals surface area contributed by atoms with Gasteiger partial charge < -0.3 is 18.9 Å². The molecule has 0 N–H and O–H groups in total. The van der Waals surface area contributed by atoms with Crippen molar-refractivity contribution in [3.63, 3.8) is 0 Å². The minimum atomic E-state index is -0.302. The average molecular weight is 380 g/mol. The van der Waals surface area contributed by atoms with Crippen LogP contribution >= 0.6 is 0 Å². The second-order valence-corrected chi connectivity index (χ2v) is 6.86. The normalized spacial score (nSPS) is 17.9. The number of amides is 1. The van der Waals surface area contributed by atoms with Gasteiger partial charge in [-0.1, -0.05) is 17.3 Å². The maximum absolute atomic E-state index is 13.6. The zero-order chi connectivity index (χ0) is 19.1. The number of benzene rings is 2. The monoisotopic (exact) mass is 380 g/mol. The predicted molar refractivity (Wildman–Crippen MR) is 97.5 cm³/mol. The highest BCUT2D eigenvalue weighted by Gasteiger charge is 2.32. The molecule has 0 aliphatic carbocycles. The summed E-state index contributed by atoms with van der Waals surface area (Å²) in [4.78, 5) is 14.7. The lowest BCUT2D eigenvalue weighted by atomic mass is 10.0. The Labute approximate surface area is 160 Å². The van der Waals surface area contributed by atoms with Crippen molar-refractivity contribution in [1.29, 1.82) is 0 Å². The van der Waals surface area contributed by atoms with E-state index in [0.29, 0.717) is 23.8 Å². The number of aromatic nitrogens is 1. The SMILES string of the molecule is O=C(c1cc(-c2ccc3c(c2)OCO3)on1)N1CCC[C@@H]1c1cccc(F)c1. The molecular weight excluding hydrogens is 363 g/mol. The van der Waals surface area contributed by atoms with Gasteiger partial charge in [-0.05, 0) is 48.7 Å². The molecule has 1 saturated heterocycles. The number of hydrogen-bond donors (Lipinski definition) is 0. The summed E-state index contributed by atoms with van der Waals surface area (Å²) >= 11 is 0. The molecule has 3 aromatic rings. The van der Waals surface area contributed by atoms with Gasteiger partial charge in [-0.25, -0.2) is 4.39 Å². The lowest BCUT2D eigenvalue weighted by molar-refractivity contribution is 0.0725. The van der Waals surface area contributed by atoms with E-state index in [2.05, 4.69) is 5.16 Å². The number of carbonyl (C=O) groups is 1. The van der Waals surface area contributed by atoms with E-state index in [0.717, 1.165) is 24.0 Å². The third-order valence-corrected chi connectivity index (χ3v) is 5.13. The fraction of sp³-hybridized carbons (Fsp3) is 0.238. The average Bonchev–Trinajstić information content (AvgIpc) is 3.47. The summed E-state index contributed by atoms with van der Waals surface area (Å²) in [6, 6.07) is 13.3. The lowest BCUT2D eigenvalue weighted by Gasteiger charge is -2.24. The van der Waals surface area contributed by atoms with Gasteiger partial charge in [0.15, 0.2) is 23.0 Å². The van der Waals surface area contributed by atoms with Crippen molar-refractivity contribution in [2.45, 2.75) is 18.9 Å². The molecule has 0 radical (unpaired) electrons. The zero-order valence-electron chi connectivity index (χ0n) is 14.9. The fourth-order valence-electron chi connectivity index (χ4n) is 3.78. The predicted octanol–water partition coefficient (Wildman–Crippen LogP) is 4.19. The van der Waals surface area contributed by atoms with Crippen molar-refractivity contribution in [1.82, 2.24) is 10.1 Å². The molecule has 0 spiro atoms. The molecule has 2 aromatic carbocycles. The summed E-state index contributed by atoms with van der Waals surface area (Å²) in [5.41, 5.74) is 1.78. The molecule has 6 nitrogen and oxygen atoms in total. The van der Waals surface area contributed by atoms with Gasteiger partial charge in [-0.2, -0.15) is 0 Å². The van der Waals surface area contributed by atoms with Crippen LogP contribution in [0.25, 0.3) is 11.3 Å². The molecule has 1 aromatic heterocycles. The van der Waals surface area contributed by atoms with Crippen LogP contribution in [-0.4, -0.2) is 29.3 Å². The van der Waals surface area contributed by atoms with E-state index < -0.39 is 0 Å². The molecule has 0 unspecified atom stereocenters. The number of likely N-dealkylation sites (tertiary alicyclic amines) is 1. The Hall–Kier alpha value is -3.35. The lowest BCUT2D eigenvalue weighted by Crippen LogP contribution is -2.30. The quantitative estimate of drug-likeness (QED) is 0.682. The number of hydrogen-bond acceptors (Lipinski definition) is 5. The highest BCUT2D eigenvalue weighted by molar-refractivity contribution is 5.93. The number of carbonyl (C=O) groups excluding carboxylic acids is 1. The van der Waals surface area contributed by atoms with Gasteiger partial charge in [-0.15, -0.1) is 0 Å². The highest BCUT2D eigenvalue weighted by Crippen LogP contribution is 2.37. The first-order chi connectivity index (χ1) is 13.7. The van der Waals surface area contributed by atoms with Crippen molar-refractivity contribution >= 4 is 5.91 Å². The van der Waals surface area contributed by atoms with Gasteiger partial charge in [0.25, 0.3) is 5.91 Å². The first-order valence-electron chi connectivity index (χ1n) is 9.12. The minimum Gasteiger partial charge on any atom is -0.454 e. The topological polar surface area (TPSA) is 64.8 Å². The van der Waals surface area contributed by atoms with Gasteiger partial charge in [0.05, 0.1) is 6.04 Å². The molecular formula is C21H17FN2O4. The van der Waals surface area contributed by atoms with Crippen LogP contribution in [0.3, 0.4) is 0 Å². The van der Waals surface area contributed by atoms with Crippen LogP contribution in [0.5, 0.6) is 11.5 Å².